The highest BCUT2D eigenvalue weighted by atomic mass is 16.5. The minimum Gasteiger partial charge on any atom is -0.465 e. The topological polar surface area (TPSA) is 117 Å². The standard InChI is InChI=1S/C16H28N4O6/c1-3-25-15(23)11-19-7-8-20(12-16(24)26-4-2)10-14(22)18-6-5-17-13(21)9-19/h3-12H2,1-2H3,(H,17,21)(H,18,22). The van der Waals surface area contributed by atoms with Crippen LogP contribution in [-0.2, 0) is 28.7 Å². The van der Waals surface area contributed by atoms with Gasteiger partial charge in [-0.3, -0.25) is 29.0 Å². The first kappa shape index (κ1) is 21.8. The number of hydrogen-bond donors (Lipinski definition) is 2. The molecule has 0 spiro atoms. The van der Waals surface area contributed by atoms with Crippen LogP contribution < -0.4 is 10.6 Å². The average molecular weight is 372 g/mol. The third kappa shape index (κ3) is 9.33. The lowest BCUT2D eigenvalue weighted by molar-refractivity contribution is -0.147. The zero-order chi connectivity index (χ0) is 19.4. The maximum Gasteiger partial charge on any atom is 0.320 e. The summed E-state index contributed by atoms with van der Waals surface area (Å²) >= 11 is 0. The highest BCUT2D eigenvalue weighted by Gasteiger charge is 2.20. The molecule has 0 aromatic rings. The molecule has 0 radical (unpaired) electrons. The third-order valence-corrected chi connectivity index (χ3v) is 3.55. The van der Waals surface area contributed by atoms with E-state index >= 15 is 0 Å². The smallest absolute Gasteiger partial charge is 0.320 e. The second-order valence-corrected chi connectivity index (χ2v) is 5.73. The van der Waals surface area contributed by atoms with E-state index in [-0.39, 0.29) is 64.3 Å². The molecule has 2 N–H and O–H groups in total. The van der Waals surface area contributed by atoms with E-state index < -0.39 is 11.9 Å². The summed E-state index contributed by atoms with van der Waals surface area (Å²) in [6.45, 7) is 5.12. The Kier molecular flexibility index (Phi) is 10.3. The molecule has 26 heavy (non-hydrogen) atoms. The van der Waals surface area contributed by atoms with Crippen LogP contribution in [0.25, 0.3) is 0 Å². The van der Waals surface area contributed by atoms with E-state index in [1.807, 2.05) is 0 Å². The summed E-state index contributed by atoms with van der Waals surface area (Å²) in [6.07, 6.45) is 0. The van der Waals surface area contributed by atoms with Gasteiger partial charge in [-0.25, -0.2) is 0 Å². The summed E-state index contributed by atoms with van der Waals surface area (Å²) < 4.78 is 9.86. The maximum absolute atomic E-state index is 12.0. The van der Waals surface area contributed by atoms with Gasteiger partial charge in [-0.05, 0) is 13.8 Å². The molecule has 1 aliphatic heterocycles. The van der Waals surface area contributed by atoms with E-state index in [9.17, 15) is 19.2 Å². The largest absolute Gasteiger partial charge is 0.465 e. The van der Waals surface area contributed by atoms with Gasteiger partial charge in [0.1, 0.15) is 0 Å². The molecule has 0 aromatic heterocycles. The van der Waals surface area contributed by atoms with Crippen LogP contribution in [-0.4, -0.2) is 99.1 Å². The Morgan fingerprint density at radius 2 is 1.23 bits per heavy atom. The van der Waals surface area contributed by atoms with Gasteiger partial charge in [0.25, 0.3) is 0 Å². The first-order valence-electron chi connectivity index (χ1n) is 8.73. The van der Waals surface area contributed by atoms with Crippen molar-refractivity contribution in [1.82, 2.24) is 20.4 Å². The summed E-state index contributed by atoms with van der Waals surface area (Å²) in [7, 11) is 0. The van der Waals surface area contributed by atoms with E-state index in [1.165, 1.54) is 0 Å². The van der Waals surface area contributed by atoms with Gasteiger partial charge >= 0.3 is 11.9 Å². The predicted molar refractivity (Wildman–Crippen MR) is 92.2 cm³/mol. The third-order valence-electron chi connectivity index (χ3n) is 3.55. The van der Waals surface area contributed by atoms with Crippen LogP contribution in [0.2, 0.25) is 0 Å². The molecule has 1 fully saturated rings. The van der Waals surface area contributed by atoms with Gasteiger partial charge in [0.2, 0.25) is 11.8 Å². The van der Waals surface area contributed by atoms with Crippen molar-refractivity contribution in [2.75, 3.05) is 65.6 Å². The summed E-state index contributed by atoms with van der Waals surface area (Å²) in [5.74, 6) is -1.36. The van der Waals surface area contributed by atoms with E-state index in [0.29, 0.717) is 13.1 Å². The molecule has 0 atom stereocenters. The first-order valence-corrected chi connectivity index (χ1v) is 8.73. The minimum atomic E-state index is -0.429. The molecule has 1 saturated heterocycles. The van der Waals surface area contributed by atoms with Crippen molar-refractivity contribution in [2.45, 2.75) is 13.8 Å². The Labute approximate surface area is 153 Å². The van der Waals surface area contributed by atoms with Crippen molar-refractivity contribution in [3.8, 4) is 0 Å². The molecular formula is C16H28N4O6. The van der Waals surface area contributed by atoms with Crippen LogP contribution >= 0.6 is 0 Å². The lowest BCUT2D eigenvalue weighted by Crippen LogP contribution is -2.49. The fraction of sp³-hybridized carbons (Fsp3) is 0.750. The Hall–Kier alpha value is -2.20. The summed E-state index contributed by atoms with van der Waals surface area (Å²) in [5.41, 5.74) is 0. The fourth-order valence-corrected chi connectivity index (χ4v) is 2.41. The average Bonchev–Trinajstić information content (AvgIpc) is 2.55. The quantitative estimate of drug-likeness (QED) is 0.512. The van der Waals surface area contributed by atoms with Gasteiger partial charge < -0.3 is 20.1 Å². The van der Waals surface area contributed by atoms with Crippen LogP contribution in [0.4, 0.5) is 0 Å². The summed E-state index contributed by atoms with van der Waals surface area (Å²) in [4.78, 5) is 50.7. The van der Waals surface area contributed by atoms with Crippen molar-refractivity contribution in [1.29, 1.82) is 0 Å². The Balaban J connectivity index is 2.76. The van der Waals surface area contributed by atoms with Crippen LogP contribution in [0.1, 0.15) is 13.8 Å². The summed E-state index contributed by atoms with van der Waals surface area (Å²) in [5, 5.41) is 5.36. The van der Waals surface area contributed by atoms with Gasteiger partial charge in [-0.1, -0.05) is 0 Å². The first-order chi connectivity index (χ1) is 12.4. The molecule has 10 heteroatoms. The van der Waals surface area contributed by atoms with Crippen LogP contribution in [0.5, 0.6) is 0 Å². The second-order valence-electron chi connectivity index (χ2n) is 5.73. The van der Waals surface area contributed by atoms with Crippen molar-refractivity contribution >= 4 is 23.8 Å². The number of esters is 2. The van der Waals surface area contributed by atoms with Gasteiger partial charge in [-0.15, -0.1) is 0 Å². The predicted octanol–water partition coefficient (Wildman–Crippen LogP) is -2.04. The van der Waals surface area contributed by atoms with Crippen molar-refractivity contribution < 1.29 is 28.7 Å². The molecule has 1 heterocycles. The number of carbonyl (C=O) groups is 4. The molecule has 0 bridgehead atoms. The van der Waals surface area contributed by atoms with Gasteiger partial charge in [-0.2, -0.15) is 0 Å². The Morgan fingerprint density at radius 1 is 0.846 bits per heavy atom. The Bertz CT molecular complexity index is 455. The van der Waals surface area contributed by atoms with E-state index in [1.54, 1.807) is 23.6 Å². The van der Waals surface area contributed by atoms with Crippen molar-refractivity contribution in [3.05, 3.63) is 0 Å². The zero-order valence-corrected chi connectivity index (χ0v) is 15.4. The number of hydrogen-bond acceptors (Lipinski definition) is 8. The highest BCUT2D eigenvalue weighted by Crippen LogP contribution is 1.97. The molecule has 0 unspecified atom stereocenters. The molecule has 2 amide bonds. The minimum absolute atomic E-state index is 0.0278. The maximum atomic E-state index is 12.0. The molecule has 1 rings (SSSR count). The van der Waals surface area contributed by atoms with Crippen LogP contribution in [0.15, 0.2) is 0 Å². The molecule has 0 saturated carbocycles. The molecule has 1 aliphatic rings. The van der Waals surface area contributed by atoms with Crippen LogP contribution in [0, 0.1) is 0 Å². The fourth-order valence-electron chi connectivity index (χ4n) is 2.41. The van der Waals surface area contributed by atoms with E-state index in [2.05, 4.69) is 10.6 Å². The monoisotopic (exact) mass is 372 g/mol. The Morgan fingerprint density at radius 3 is 1.58 bits per heavy atom. The molecule has 10 nitrogen and oxygen atoms in total. The number of nitrogens with zero attached hydrogens (tertiary/aromatic N) is 2. The zero-order valence-electron chi connectivity index (χ0n) is 15.4. The molecule has 148 valence electrons. The SMILES string of the molecule is CCOC(=O)CN1CCN(CC(=O)OCC)CC(=O)NCCNC(=O)C1. The van der Waals surface area contributed by atoms with E-state index in [0.717, 1.165) is 0 Å². The molecule has 0 aliphatic carbocycles. The summed E-state index contributed by atoms with van der Waals surface area (Å²) in [6, 6.07) is 0. The normalized spacial score (nSPS) is 18.1. The van der Waals surface area contributed by atoms with Gasteiger partial charge in [0.15, 0.2) is 0 Å². The number of carbonyl (C=O) groups excluding carboxylic acids is 4. The molecular weight excluding hydrogens is 344 g/mol. The number of amides is 2. The lowest BCUT2D eigenvalue weighted by Gasteiger charge is -2.26. The van der Waals surface area contributed by atoms with Crippen molar-refractivity contribution in [2.24, 2.45) is 0 Å². The molecule has 0 aromatic carbocycles. The second kappa shape index (κ2) is 12.2. The number of ether oxygens (including phenoxy) is 2. The number of nitrogens with one attached hydrogen (secondary N) is 2. The lowest BCUT2D eigenvalue weighted by atomic mass is 10.3. The number of rotatable bonds is 6. The van der Waals surface area contributed by atoms with Gasteiger partial charge in [0.05, 0.1) is 39.4 Å². The van der Waals surface area contributed by atoms with Gasteiger partial charge in [0, 0.05) is 26.2 Å². The van der Waals surface area contributed by atoms with Crippen LogP contribution in [0.3, 0.4) is 0 Å². The van der Waals surface area contributed by atoms with E-state index in [4.69, 9.17) is 9.47 Å². The highest BCUT2D eigenvalue weighted by molar-refractivity contribution is 5.80. The van der Waals surface area contributed by atoms with Crippen molar-refractivity contribution in [3.63, 3.8) is 0 Å².